The van der Waals surface area contributed by atoms with Crippen LogP contribution in [-0.4, -0.2) is 32.2 Å². The van der Waals surface area contributed by atoms with Gasteiger partial charge >= 0.3 is 0 Å². The van der Waals surface area contributed by atoms with E-state index in [-0.39, 0.29) is 5.91 Å². The van der Waals surface area contributed by atoms with Crippen molar-refractivity contribution in [1.82, 2.24) is 0 Å². The molecule has 1 N–H and O–H groups in total. The van der Waals surface area contributed by atoms with Gasteiger partial charge in [-0.1, -0.05) is 48.0 Å². The van der Waals surface area contributed by atoms with Crippen molar-refractivity contribution >= 4 is 39.5 Å². The average Bonchev–Trinajstić information content (AvgIpc) is 3.18. The SMILES string of the molecule is Cc1ccc(NC(=O)c2cc(-c3ccccc3)c(N3CCOCC3)s2)cc1Cl. The van der Waals surface area contributed by atoms with E-state index in [4.69, 9.17) is 16.3 Å². The minimum atomic E-state index is -0.124. The molecule has 1 aromatic heterocycles. The summed E-state index contributed by atoms with van der Waals surface area (Å²) < 4.78 is 5.49. The molecule has 28 heavy (non-hydrogen) atoms. The van der Waals surface area contributed by atoms with Crippen molar-refractivity contribution in [2.24, 2.45) is 0 Å². The molecule has 6 heteroatoms. The number of benzene rings is 2. The number of ether oxygens (including phenoxy) is 1. The summed E-state index contributed by atoms with van der Waals surface area (Å²) in [6.45, 7) is 5.00. The molecule has 1 amide bonds. The Bertz CT molecular complexity index is 981. The van der Waals surface area contributed by atoms with Crippen LogP contribution in [0.1, 0.15) is 15.2 Å². The Morgan fingerprint density at radius 3 is 2.57 bits per heavy atom. The Morgan fingerprint density at radius 2 is 1.86 bits per heavy atom. The number of rotatable bonds is 4. The summed E-state index contributed by atoms with van der Waals surface area (Å²) in [7, 11) is 0. The molecule has 4 rings (SSSR count). The van der Waals surface area contributed by atoms with E-state index in [2.05, 4.69) is 22.3 Å². The third-order valence-electron chi connectivity index (χ3n) is 4.75. The van der Waals surface area contributed by atoms with Crippen LogP contribution in [0.5, 0.6) is 0 Å². The minimum absolute atomic E-state index is 0.124. The average molecular weight is 413 g/mol. The van der Waals surface area contributed by atoms with E-state index < -0.39 is 0 Å². The zero-order chi connectivity index (χ0) is 19.5. The molecule has 1 aliphatic heterocycles. The van der Waals surface area contributed by atoms with Gasteiger partial charge < -0.3 is 15.0 Å². The third kappa shape index (κ3) is 4.07. The van der Waals surface area contributed by atoms with Gasteiger partial charge in [-0.2, -0.15) is 0 Å². The number of carbonyl (C=O) groups is 1. The molecule has 1 saturated heterocycles. The summed E-state index contributed by atoms with van der Waals surface area (Å²) in [4.78, 5) is 15.9. The van der Waals surface area contributed by atoms with E-state index in [0.29, 0.717) is 28.8 Å². The van der Waals surface area contributed by atoms with Gasteiger partial charge in [-0.3, -0.25) is 4.79 Å². The van der Waals surface area contributed by atoms with E-state index >= 15 is 0 Å². The van der Waals surface area contributed by atoms with Gasteiger partial charge in [0.05, 0.1) is 23.1 Å². The Morgan fingerprint density at radius 1 is 1.11 bits per heavy atom. The Kier molecular flexibility index (Phi) is 5.67. The molecule has 0 radical (unpaired) electrons. The van der Waals surface area contributed by atoms with Crippen LogP contribution < -0.4 is 10.2 Å². The standard InChI is InChI=1S/C22H21ClN2O2S/c1-15-7-8-17(13-19(15)23)24-21(26)20-14-18(16-5-3-2-4-6-16)22(28-20)25-9-11-27-12-10-25/h2-8,13-14H,9-12H2,1H3,(H,24,26). The van der Waals surface area contributed by atoms with Gasteiger partial charge in [-0.25, -0.2) is 0 Å². The van der Waals surface area contributed by atoms with E-state index in [0.717, 1.165) is 34.8 Å². The van der Waals surface area contributed by atoms with Gasteiger partial charge in [0.15, 0.2) is 0 Å². The maximum Gasteiger partial charge on any atom is 0.265 e. The molecule has 0 aliphatic carbocycles. The highest BCUT2D eigenvalue weighted by molar-refractivity contribution is 7.18. The van der Waals surface area contributed by atoms with Crippen LogP contribution in [0, 0.1) is 6.92 Å². The zero-order valence-corrected chi connectivity index (χ0v) is 17.1. The second-order valence-electron chi connectivity index (χ2n) is 6.71. The lowest BCUT2D eigenvalue weighted by atomic mass is 10.1. The third-order valence-corrected chi connectivity index (χ3v) is 6.35. The van der Waals surface area contributed by atoms with Crippen LogP contribution in [0.3, 0.4) is 0 Å². The highest BCUT2D eigenvalue weighted by atomic mass is 35.5. The van der Waals surface area contributed by atoms with Gasteiger partial charge in [0.1, 0.15) is 0 Å². The van der Waals surface area contributed by atoms with Crippen LogP contribution in [-0.2, 0) is 4.74 Å². The number of hydrogen-bond donors (Lipinski definition) is 1. The zero-order valence-electron chi connectivity index (χ0n) is 15.6. The van der Waals surface area contributed by atoms with Crippen molar-refractivity contribution in [1.29, 1.82) is 0 Å². The molecule has 3 aromatic rings. The van der Waals surface area contributed by atoms with Crippen LogP contribution in [0.25, 0.3) is 11.1 Å². The van der Waals surface area contributed by atoms with Crippen molar-refractivity contribution < 1.29 is 9.53 Å². The molecule has 2 heterocycles. The largest absolute Gasteiger partial charge is 0.378 e. The minimum Gasteiger partial charge on any atom is -0.378 e. The van der Waals surface area contributed by atoms with Crippen molar-refractivity contribution in [3.8, 4) is 11.1 Å². The van der Waals surface area contributed by atoms with Crippen LogP contribution in [0.2, 0.25) is 5.02 Å². The summed E-state index contributed by atoms with van der Waals surface area (Å²) in [5, 5.41) is 4.72. The highest BCUT2D eigenvalue weighted by Crippen LogP contribution is 2.39. The van der Waals surface area contributed by atoms with Crippen LogP contribution in [0.4, 0.5) is 10.7 Å². The smallest absolute Gasteiger partial charge is 0.265 e. The molecular formula is C22H21ClN2O2S. The van der Waals surface area contributed by atoms with Crippen molar-refractivity contribution in [2.45, 2.75) is 6.92 Å². The number of nitrogens with one attached hydrogen (secondary N) is 1. The van der Waals surface area contributed by atoms with Gasteiger partial charge in [-0.05, 0) is 36.2 Å². The van der Waals surface area contributed by atoms with Gasteiger partial charge in [0.25, 0.3) is 5.91 Å². The maximum atomic E-state index is 12.9. The number of aryl methyl sites for hydroxylation is 1. The maximum absolute atomic E-state index is 12.9. The number of thiophene rings is 1. The first-order valence-electron chi connectivity index (χ1n) is 9.21. The first kappa shape index (κ1) is 19.0. The first-order chi connectivity index (χ1) is 13.6. The number of nitrogens with zero attached hydrogens (tertiary/aromatic N) is 1. The lowest BCUT2D eigenvalue weighted by Crippen LogP contribution is -2.35. The summed E-state index contributed by atoms with van der Waals surface area (Å²) in [6, 6.07) is 17.7. The molecule has 0 bridgehead atoms. The summed E-state index contributed by atoms with van der Waals surface area (Å²) >= 11 is 7.71. The molecule has 1 fully saturated rings. The Balaban J connectivity index is 1.66. The molecule has 144 valence electrons. The van der Waals surface area contributed by atoms with Crippen molar-refractivity contribution in [3.05, 3.63) is 70.1 Å². The van der Waals surface area contributed by atoms with Gasteiger partial charge in [-0.15, -0.1) is 11.3 Å². The quantitative estimate of drug-likeness (QED) is 0.618. The molecule has 0 atom stereocenters. The fraction of sp³-hybridized carbons (Fsp3) is 0.227. The van der Waals surface area contributed by atoms with Gasteiger partial charge in [0, 0.05) is 29.4 Å². The van der Waals surface area contributed by atoms with Crippen molar-refractivity contribution in [2.75, 3.05) is 36.5 Å². The number of morpholine rings is 1. The summed E-state index contributed by atoms with van der Waals surface area (Å²) in [5.74, 6) is -0.124. The van der Waals surface area contributed by atoms with E-state index in [1.807, 2.05) is 43.3 Å². The second-order valence-corrected chi connectivity index (χ2v) is 8.15. The monoisotopic (exact) mass is 412 g/mol. The number of carbonyl (C=O) groups excluding carboxylic acids is 1. The van der Waals surface area contributed by atoms with E-state index in [1.165, 1.54) is 11.3 Å². The Hall–Kier alpha value is -2.34. The predicted octanol–water partition coefficient (Wildman–Crippen LogP) is 5.47. The molecule has 0 unspecified atom stereocenters. The summed E-state index contributed by atoms with van der Waals surface area (Å²) in [6.07, 6.45) is 0. The molecule has 0 spiro atoms. The topological polar surface area (TPSA) is 41.6 Å². The predicted molar refractivity (Wildman–Crippen MR) is 117 cm³/mol. The van der Waals surface area contributed by atoms with Crippen LogP contribution >= 0.6 is 22.9 Å². The molecular weight excluding hydrogens is 392 g/mol. The molecule has 1 aliphatic rings. The lowest BCUT2D eigenvalue weighted by Gasteiger charge is -2.28. The summed E-state index contributed by atoms with van der Waals surface area (Å²) in [5.41, 5.74) is 3.87. The van der Waals surface area contributed by atoms with E-state index in [1.54, 1.807) is 6.07 Å². The Labute approximate surface area is 173 Å². The fourth-order valence-corrected chi connectivity index (χ4v) is 4.49. The number of halogens is 1. The van der Waals surface area contributed by atoms with Crippen LogP contribution in [0.15, 0.2) is 54.6 Å². The normalized spacial score (nSPS) is 14.1. The van der Waals surface area contributed by atoms with Gasteiger partial charge in [0.2, 0.25) is 0 Å². The second kappa shape index (κ2) is 8.35. The number of amides is 1. The number of hydrogen-bond acceptors (Lipinski definition) is 4. The molecule has 0 saturated carbocycles. The first-order valence-corrected chi connectivity index (χ1v) is 10.4. The van der Waals surface area contributed by atoms with Crippen molar-refractivity contribution in [3.63, 3.8) is 0 Å². The highest BCUT2D eigenvalue weighted by Gasteiger charge is 2.22. The molecule has 2 aromatic carbocycles. The fourth-order valence-electron chi connectivity index (χ4n) is 3.18. The van der Waals surface area contributed by atoms with E-state index in [9.17, 15) is 4.79 Å². The molecule has 4 nitrogen and oxygen atoms in total. The number of anilines is 2. The lowest BCUT2D eigenvalue weighted by molar-refractivity contribution is 0.103.